The Bertz CT molecular complexity index is 522. The number of halogens is 1. The Hall–Kier alpha value is -1.86. The molecule has 7 nitrogen and oxygen atoms in total. The van der Waals surface area contributed by atoms with E-state index in [-0.39, 0.29) is 22.0 Å². The third-order valence-corrected chi connectivity index (χ3v) is 2.92. The Labute approximate surface area is 127 Å². The molecule has 1 rings (SSSR count). The maximum atomic E-state index is 11.9. The number of carbonyl (C=O) groups excluding carboxylic acids is 1. The van der Waals surface area contributed by atoms with Crippen LogP contribution < -0.4 is 10.6 Å². The summed E-state index contributed by atoms with van der Waals surface area (Å²) in [6, 6.07) is 2.61. The van der Waals surface area contributed by atoms with Crippen LogP contribution in [0.15, 0.2) is 12.1 Å². The number of nitrogens with zero attached hydrogens (tertiary/aromatic N) is 1. The Balaban J connectivity index is 2.93. The molecule has 0 saturated heterocycles. The third-order valence-electron chi connectivity index (χ3n) is 2.62. The lowest BCUT2D eigenvalue weighted by Gasteiger charge is -2.10. The van der Waals surface area contributed by atoms with Crippen molar-refractivity contribution in [1.29, 1.82) is 0 Å². The SMILES string of the molecule is CCNc1c(Cl)cc(C(=O)NCCOCC)cc1[N+](=O)[O-]. The van der Waals surface area contributed by atoms with Gasteiger partial charge in [0.05, 0.1) is 16.6 Å². The molecule has 0 saturated carbocycles. The van der Waals surface area contributed by atoms with Crippen LogP contribution >= 0.6 is 11.6 Å². The number of rotatable bonds is 8. The van der Waals surface area contributed by atoms with Gasteiger partial charge in [0.2, 0.25) is 0 Å². The number of amides is 1. The van der Waals surface area contributed by atoms with Crippen LogP contribution in [0.25, 0.3) is 0 Å². The van der Waals surface area contributed by atoms with Crippen LogP contribution in [0, 0.1) is 10.1 Å². The van der Waals surface area contributed by atoms with E-state index in [0.29, 0.717) is 26.3 Å². The minimum atomic E-state index is -0.569. The van der Waals surface area contributed by atoms with Crippen molar-refractivity contribution in [3.8, 4) is 0 Å². The van der Waals surface area contributed by atoms with Gasteiger partial charge in [-0.3, -0.25) is 14.9 Å². The van der Waals surface area contributed by atoms with Crippen LogP contribution in [0.5, 0.6) is 0 Å². The number of nitrogens with one attached hydrogen (secondary N) is 2. The average Bonchev–Trinajstić information content (AvgIpc) is 2.45. The zero-order valence-electron chi connectivity index (χ0n) is 11.9. The van der Waals surface area contributed by atoms with Crippen molar-refractivity contribution < 1.29 is 14.5 Å². The molecule has 116 valence electrons. The van der Waals surface area contributed by atoms with E-state index >= 15 is 0 Å². The molecule has 0 bridgehead atoms. The third kappa shape index (κ3) is 4.87. The van der Waals surface area contributed by atoms with Gasteiger partial charge in [-0.15, -0.1) is 0 Å². The van der Waals surface area contributed by atoms with Gasteiger partial charge in [0, 0.05) is 31.3 Å². The van der Waals surface area contributed by atoms with Gasteiger partial charge in [-0.05, 0) is 19.9 Å². The number of nitro benzene ring substituents is 1. The normalized spacial score (nSPS) is 10.2. The first-order chi connectivity index (χ1) is 10.0. The fraction of sp³-hybridized carbons (Fsp3) is 0.462. The number of hydrogen-bond donors (Lipinski definition) is 2. The van der Waals surface area contributed by atoms with E-state index in [0.717, 1.165) is 0 Å². The first-order valence-electron chi connectivity index (χ1n) is 6.59. The number of ether oxygens (including phenoxy) is 1. The van der Waals surface area contributed by atoms with Crippen molar-refractivity contribution >= 4 is 28.9 Å². The van der Waals surface area contributed by atoms with E-state index in [1.807, 2.05) is 6.92 Å². The van der Waals surface area contributed by atoms with E-state index in [2.05, 4.69) is 10.6 Å². The van der Waals surface area contributed by atoms with Gasteiger partial charge in [0.15, 0.2) is 0 Å². The lowest BCUT2D eigenvalue weighted by atomic mass is 10.1. The van der Waals surface area contributed by atoms with Gasteiger partial charge in [0.1, 0.15) is 5.69 Å². The smallest absolute Gasteiger partial charge is 0.294 e. The second-order valence-electron chi connectivity index (χ2n) is 4.09. The van der Waals surface area contributed by atoms with Crippen LogP contribution in [0.2, 0.25) is 5.02 Å². The predicted octanol–water partition coefficient (Wildman–Crippen LogP) is 2.45. The Morgan fingerprint density at radius 2 is 2.14 bits per heavy atom. The highest BCUT2D eigenvalue weighted by Crippen LogP contribution is 2.33. The van der Waals surface area contributed by atoms with E-state index in [9.17, 15) is 14.9 Å². The molecular formula is C13H18ClN3O4. The second kappa shape index (κ2) is 8.43. The summed E-state index contributed by atoms with van der Waals surface area (Å²) < 4.78 is 5.10. The zero-order chi connectivity index (χ0) is 15.8. The molecule has 0 aliphatic rings. The summed E-state index contributed by atoms with van der Waals surface area (Å²) in [6.45, 7) is 5.41. The summed E-state index contributed by atoms with van der Waals surface area (Å²) in [5, 5.41) is 16.7. The standard InChI is InChI=1S/C13H18ClN3O4/c1-3-15-12-10(14)7-9(8-11(12)17(19)20)13(18)16-5-6-21-4-2/h7-8,15H,3-6H2,1-2H3,(H,16,18). The topological polar surface area (TPSA) is 93.5 Å². The summed E-state index contributed by atoms with van der Waals surface area (Å²) in [7, 11) is 0. The Morgan fingerprint density at radius 3 is 2.71 bits per heavy atom. The number of nitro groups is 1. The van der Waals surface area contributed by atoms with Gasteiger partial charge < -0.3 is 15.4 Å². The van der Waals surface area contributed by atoms with Crippen LogP contribution in [0.1, 0.15) is 24.2 Å². The summed E-state index contributed by atoms with van der Waals surface area (Å²) in [4.78, 5) is 22.4. The van der Waals surface area contributed by atoms with E-state index in [1.54, 1.807) is 6.92 Å². The Kier molecular flexibility index (Phi) is 6.90. The summed E-state index contributed by atoms with van der Waals surface area (Å²) in [5.74, 6) is -0.428. The van der Waals surface area contributed by atoms with E-state index in [4.69, 9.17) is 16.3 Å². The average molecular weight is 316 g/mol. The van der Waals surface area contributed by atoms with Gasteiger partial charge in [0.25, 0.3) is 11.6 Å². The van der Waals surface area contributed by atoms with Crippen molar-refractivity contribution in [2.75, 3.05) is 31.6 Å². The minimum absolute atomic E-state index is 0.140. The molecule has 8 heteroatoms. The highest BCUT2D eigenvalue weighted by atomic mass is 35.5. The van der Waals surface area contributed by atoms with Crippen molar-refractivity contribution in [3.05, 3.63) is 32.8 Å². The predicted molar refractivity (Wildman–Crippen MR) is 81.1 cm³/mol. The number of benzene rings is 1. The Morgan fingerprint density at radius 1 is 1.43 bits per heavy atom. The molecule has 0 aromatic heterocycles. The highest BCUT2D eigenvalue weighted by molar-refractivity contribution is 6.34. The molecular weight excluding hydrogens is 298 g/mol. The molecule has 0 aliphatic heterocycles. The highest BCUT2D eigenvalue weighted by Gasteiger charge is 2.20. The van der Waals surface area contributed by atoms with Crippen molar-refractivity contribution in [3.63, 3.8) is 0 Å². The lowest BCUT2D eigenvalue weighted by Crippen LogP contribution is -2.27. The minimum Gasteiger partial charge on any atom is -0.380 e. The van der Waals surface area contributed by atoms with Crippen molar-refractivity contribution in [2.45, 2.75) is 13.8 Å². The molecule has 0 fully saturated rings. The molecule has 0 atom stereocenters. The van der Waals surface area contributed by atoms with Crippen LogP contribution in [-0.2, 0) is 4.74 Å². The van der Waals surface area contributed by atoms with Gasteiger partial charge in [-0.25, -0.2) is 0 Å². The molecule has 0 aliphatic carbocycles. The molecule has 0 radical (unpaired) electrons. The van der Waals surface area contributed by atoms with Crippen LogP contribution in [0.4, 0.5) is 11.4 Å². The molecule has 21 heavy (non-hydrogen) atoms. The fourth-order valence-corrected chi connectivity index (χ4v) is 1.98. The molecule has 2 N–H and O–H groups in total. The largest absolute Gasteiger partial charge is 0.380 e. The molecule has 0 heterocycles. The van der Waals surface area contributed by atoms with Crippen molar-refractivity contribution in [2.24, 2.45) is 0 Å². The number of carbonyl (C=O) groups is 1. The van der Waals surface area contributed by atoms with E-state index < -0.39 is 10.8 Å². The monoisotopic (exact) mass is 315 g/mol. The quantitative estimate of drug-likeness (QED) is 0.436. The summed E-state index contributed by atoms with van der Waals surface area (Å²) >= 11 is 6.01. The maximum Gasteiger partial charge on any atom is 0.294 e. The summed E-state index contributed by atoms with van der Waals surface area (Å²) in [5.41, 5.74) is 0.138. The van der Waals surface area contributed by atoms with E-state index in [1.165, 1.54) is 12.1 Å². The molecule has 0 spiro atoms. The number of hydrogen-bond acceptors (Lipinski definition) is 5. The van der Waals surface area contributed by atoms with Gasteiger partial charge in [-0.2, -0.15) is 0 Å². The first-order valence-corrected chi connectivity index (χ1v) is 6.96. The van der Waals surface area contributed by atoms with Gasteiger partial charge in [-0.1, -0.05) is 11.6 Å². The van der Waals surface area contributed by atoms with Crippen LogP contribution in [0.3, 0.4) is 0 Å². The number of anilines is 1. The van der Waals surface area contributed by atoms with Crippen LogP contribution in [-0.4, -0.2) is 37.1 Å². The fourth-order valence-electron chi connectivity index (χ4n) is 1.70. The molecule has 1 aromatic rings. The molecule has 1 aromatic carbocycles. The summed E-state index contributed by atoms with van der Waals surface area (Å²) in [6.07, 6.45) is 0. The molecule has 0 unspecified atom stereocenters. The van der Waals surface area contributed by atoms with Crippen molar-refractivity contribution in [1.82, 2.24) is 5.32 Å². The maximum absolute atomic E-state index is 11.9. The molecule has 1 amide bonds. The second-order valence-corrected chi connectivity index (χ2v) is 4.50. The van der Waals surface area contributed by atoms with Gasteiger partial charge >= 0.3 is 0 Å². The zero-order valence-corrected chi connectivity index (χ0v) is 12.7. The lowest BCUT2D eigenvalue weighted by molar-refractivity contribution is -0.384. The first kappa shape index (κ1) is 17.2.